The molecule has 0 atom stereocenters. The smallest absolute Gasteiger partial charge is 0.248 e. The van der Waals surface area contributed by atoms with Crippen LogP contribution in [0.4, 0.5) is 5.69 Å². The minimum Gasteiger partial charge on any atom is -0.366 e. The van der Waals surface area contributed by atoms with Crippen molar-refractivity contribution in [1.82, 2.24) is 4.90 Å². The van der Waals surface area contributed by atoms with Gasteiger partial charge in [-0.05, 0) is 62.7 Å². The number of nitrogens with zero attached hydrogens (tertiary/aromatic N) is 1. The Balaban J connectivity index is 1.49. The minimum atomic E-state index is -0.469. The third-order valence-electron chi connectivity index (χ3n) is 4.88. The van der Waals surface area contributed by atoms with Gasteiger partial charge in [-0.1, -0.05) is 29.8 Å². The lowest BCUT2D eigenvalue weighted by atomic mass is 9.95. The molecule has 26 heavy (non-hydrogen) atoms. The van der Waals surface area contributed by atoms with Gasteiger partial charge in [-0.25, -0.2) is 0 Å². The van der Waals surface area contributed by atoms with Gasteiger partial charge >= 0.3 is 0 Å². The molecule has 0 radical (unpaired) electrons. The van der Waals surface area contributed by atoms with Crippen LogP contribution in [0, 0.1) is 12.8 Å². The van der Waals surface area contributed by atoms with Crippen molar-refractivity contribution >= 4 is 17.5 Å². The molecule has 2 aromatic rings. The average Bonchev–Trinajstić information content (AvgIpc) is 2.63. The molecule has 1 saturated heterocycles. The zero-order valence-electron chi connectivity index (χ0n) is 15.1. The predicted molar refractivity (Wildman–Crippen MR) is 103 cm³/mol. The Morgan fingerprint density at radius 2 is 1.81 bits per heavy atom. The number of primary amides is 1. The number of anilines is 1. The molecule has 136 valence electrons. The first kappa shape index (κ1) is 18.1. The second-order valence-electron chi connectivity index (χ2n) is 6.97. The van der Waals surface area contributed by atoms with Gasteiger partial charge < -0.3 is 11.1 Å². The van der Waals surface area contributed by atoms with Crippen LogP contribution in [0.3, 0.4) is 0 Å². The first-order chi connectivity index (χ1) is 12.5. The van der Waals surface area contributed by atoms with Crippen molar-refractivity contribution in [3.8, 4) is 0 Å². The Labute approximate surface area is 154 Å². The maximum absolute atomic E-state index is 12.5. The van der Waals surface area contributed by atoms with E-state index in [-0.39, 0.29) is 11.8 Å². The van der Waals surface area contributed by atoms with Gasteiger partial charge in [-0.3, -0.25) is 14.5 Å². The lowest BCUT2D eigenvalue weighted by Gasteiger charge is -2.31. The highest BCUT2D eigenvalue weighted by Crippen LogP contribution is 2.21. The highest BCUT2D eigenvalue weighted by Gasteiger charge is 2.25. The van der Waals surface area contributed by atoms with Crippen LogP contribution >= 0.6 is 0 Å². The number of rotatable bonds is 5. The molecule has 1 aliphatic rings. The number of aryl methyl sites for hydroxylation is 1. The normalized spacial score (nSPS) is 15.6. The summed E-state index contributed by atoms with van der Waals surface area (Å²) < 4.78 is 0. The largest absolute Gasteiger partial charge is 0.366 e. The van der Waals surface area contributed by atoms with E-state index in [0.717, 1.165) is 32.5 Å². The number of carbonyl (C=O) groups is 2. The molecule has 0 aliphatic carbocycles. The molecule has 0 saturated carbocycles. The minimum absolute atomic E-state index is 0.0274. The molecule has 0 bridgehead atoms. The van der Waals surface area contributed by atoms with E-state index in [2.05, 4.69) is 41.4 Å². The van der Waals surface area contributed by atoms with Gasteiger partial charge in [0, 0.05) is 23.7 Å². The van der Waals surface area contributed by atoms with E-state index in [4.69, 9.17) is 5.73 Å². The average molecular weight is 351 g/mol. The molecule has 3 N–H and O–H groups in total. The Bertz CT molecular complexity index is 778. The van der Waals surface area contributed by atoms with Gasteiger partial charge in [0.05, 0.1) is 0 Å². The Morgan fingerprint density at radius 1 is 1.12 bits per heavy atom. The summed E-state index contributed by atoms with van der Waals surface area (Å²) in [6, 6.07) is 15.3. The fourth-order valence-electron chi connectivity index (χ4n) is 3.38. The number of nitrogens with two attached hydrogens (primary N) is 1. The molecular formula is C21H25N3O2. The van der Waals surface area contributed by atoms with Crippen molar-refractivity contribution in [3.63, 3.8) is 0 Å². The molecule has 5 heteroatoms. The zero-order chi connectivity index (χ0) is 18.5. The first-order valence-corrected chi connectivity index (χ1v) is 9.00. The van der Waals surface area contributed by atoms with Crippen molar-refractivity contribution in [3.05, 3.63) is 65.2 Å². The number of amides is 2. The lowest BCUT2D eigenvalue weighted by Crippen LogP contribution is -2.37. The van der Waals surface area contributed by atoms with E-state index in [1.54, 1.807) is 24.3 Å². The molecule has 2 amide bonds. The van der Waals surface area contributed by atoms with Crippen LogP contribution < -0.4 is 11.1 Å². The van der Waals surface area contributed by atoms with Crippen molar-refractivity contribution < 1.29 is 9.59 Å². The maximum Gasteiger partial charge on any atom is 0.248 e. The van der Waals surface area contributed by atoms with E-state index in [0.29, 0.717) is 11.3 Å². The molecule has 2 aromatic carbocycles. The first-order valence-electron chi connectivity index (χ1n) is 9.00. The van der Waals surface area contributed by atoms with Crippen LogP contribution in [0.5, 0.6) is 0 Å². The Kier molecular flexibility index (Phi) is 5.68. The fraction of sp³-hybridized carbons (Fsp3) is 0.333. The van der Waals surface area contributed by atoms with Crippen molar-refractivity contribution in [1.29, 1.82) is 0 Å². The van der Waals surface area contributed by atoms with Crippen LogP contribution in [0.15, 0.2) is 48.5 Å². The van der Waals surface area contributed by atoms with Gasteiger partial charge in [0.25, 0.3) is 0 Å². The summed E-state index contributed by atoms with van der Waals surface area (Å²) in [4.78, 5) is 26.0. The number of carbonyl (C=O) groups excluding carboxylic acids is 2. The summed E-state index contributed by atoms with van der Waals surface area (Å²) >= 11 is 0. The summed E-state index contributed by atoms with van der Waals surface area (Å²) in [7, 11) is 0. The van der Waals surface area contributed by atoms with Gasteiger partial charge in [0.1, 0.15) is 0 Å². The third-order valence-corrected chi connectivity index (χ3v) is 4.88. The van der Waals surface area contributed by atoms with Crippen molar-refractivity contribution in [2.45, 2.75) is 26.3 Å². The molecule has 1 heterocycles. The summed E-state index contributed by atoms with van der Waals surface area (Å²) in [6.45, 7) is 4.89. The number of nitrogens with one attached hydrogen (secondary N) is 1. The molecule has 0 aromatic heterocycles. The van der Waals surface area contributed by atoms with E-state index in [9.17, 15) is 9.59 Å². The number of likely N-dealkylation sites (tertiary alicyclic amines) is 1. The van der Waals surface area contributed by atoms with Crippen LogP contribution in [0.2, 0.25) is 0 Å². The van der Waals surface area contributed by atoms with E-state index in [1.165, 1.54) is 11.1 Å². The molecule has 1 fully saturated rings. The second kappa shape index (κ2) is 8.15. The Hall–Kier alpha value is -2.66. The van der Waals surface area contributed by atoms with Gasteiger partial charge in [0.15, 0.2) is 0 Å². The fourth-order valence-corrected chi connectivity index (χ4v) is 3.38. The second-order valence-corrected chi connectivity index (χ2v) is 6.97. The zero-order valence-corrected chi connectivity index (χ0v) is 15.1. The van der Waals surface area contributed by atoms with E-state index >= 15 is 0 Å². The summed E-state index contributed by atoms with van der Waals surface area (Å²) in [5.74, 6) is -0.393. The van der Waals surface area contributed by atoms with Crippen molar-refractivity contribution in [2.75, 3.05) is 18.4 Å². The number of hydrogen-bond acceptors (Lipinski definition) is 3. The van der Waals surface area contributed by atoms with E-state index < -0.39 is 5.91 Å². The highest BCUT2D eigenvalue weighted by atomic mass is 16.2. The number of hydrogen-bond donors (Lipinski definition) is 2. The number of benzene rings is 2. The topological polar surface area (TPSA) is 75.4 Å². The highest BCUT2D eigenvalue weighted by molar-refractivity contribution is 5.95. The molecule has 5 nitrogen and oxygen atoms in total. The monoisotopic (exact) mass is 351 g/mol. The van der Waals surface area contributed by atoms with Crippen molar-refractivity contribution in [2.24, 2.45) is 11.7 Å². The van der Waals surface area contributed by atoms with E-state index in [1.807, 2.05) is 0 Å². The maximum atomic E-state index is 12.5. The Morgan fingerprint density at radius 3 is 2.42 bits per heavy atom. The molecule has 3 rings (SSSR count). The number of piperidine rings is 1. The molecular weight excluding hydrogens is 326 g/mol. The molecule has 0 spiro atoms. The molecule has 0 unspecified atom stereocenters. The summed E-state index contributed by atoms with van der Waals surface area (Å²) in [5.41, 5.74) is 8.96. The standard InChI is InChI=1S/C21H25N3O2/c1-15-3-2-4-16(13-15)14-24-11-9-18(10-12-24)21(26)23-19-7-5-17(6-8-19)20(22)25/h2-8,13,18H,9-12,14H2,1H3,(H2,22,25)(H,23,26). The van der Waals surface area contributed by atoms with Crippen LogP contribution in [-0.2, 0) is 11.3 Å². The lowest BCUT2D eigenvalue weighted by molar-refractivity contribution is -0.121. The summed E-state index contributed by atoms with van der Waals surface area (Å²) in [5, 5.41) is 2.94. The van der Waals surface area contributed by atoms with Gasteiger partial charge in [-0.2, -0.15) is 0 Å². The van der Waals surface area contributed by atoms with Crippen LogP contribution in [-0.4, -0.2) is 29.8 Å². The van der Waals surface area contributed by atoms with Gasteiger partial charge in [0.2, 0.25) is 11.8 Å². The SMILES string of the molecule is Cc1cccc(CN2CCC(C(=O)Nc3ccc(C(N)=O)cc3)CC2)c1. The molecule has 1 aliphatic heterocycles. The predicted octanol–water partition coefficient (Wildman–Crippen LogP) is 2.94. The van der Waals surface area contributed by atoms with Crippen LogP contribution in [0.25, 0.3) is 0 Å². The third kappa shape index (κ3) is 4.70. The van der Waals surface area contributed by atoms with Gasteiger partial charge in [-0.15, -0.1) is 0 Å². The quantitative estimate of drug-likeness (QED) is 0.870. The summed E-state index contributed by atoms with van der Waals surface area (Å²) in [6.07, 6.45) is 1.72. The van der Waals surface area contributed by atoms with Crippen LogP contribution in [0.1, 0.15) is 34.3 Å².